The van der Waals surface area contributed by atoms with E-state index in [1.807, 2.05) is 48.6 Å². The second-order valence-electron chi connectivity index (χ2n) is 6.20. The quantitative estimate of drug-likeness (QED) is 0.721. The van der Waals surface area contributed by atoms with Crippen molar-refractivity contribution in [3.8, 4) is 11.4 Å². The molecule has 0 spiro atoms. The van der Waals surface area contributed by atoms with Crippen LogP contribution in [0.25, 0.3) is 22.2 Å². The average molecular weight is 351 g/mol. The molecule has 0 atom stereocenters. The van der Waals surface area contributed by atoms with Crippen molar-refractivity contribution in [2.75, 3.05) is 24.7 Å². The van der Waals surface area contributed by atoms with Gasteiger partial charge in [0.05, 0.1) is 11.4 Å². The largest absolute Gasteiger partial charge is 0.367 e. The Morgan fingerprint density at radius 1 is 1.08 bits per heavy atom. The number of anilines is 1. The summed E-state index contributed by atoms with van der Waals surface area (Å²) in [5.41, 5.74) is 1.79. The van der Waals surface area contributed by atoms with Crippen LogP contribution < -0.4 is 5.32 Å². The molecule has 0 saturated carbocycles. The van der Waals surface area contributed by atoms with Gasteiger partial charge in [-0.1, -0.05) is 18.0 Å². The van der Waals surface area contributed by atoms with Gasteiger partial charge in [-0.2, -0.15) is 0 Å². The van der Waals surface area contributed by atoms with Gasteiger partial charge in [-0.15, -0.1) is 0 Å². The van der Waals surface area contributed by atoms with Crippen LogP contribution in [0.3, 0.4) is 0 Å². The van der Waals surface area contributed by atoms with Crippen LogP contribution in [0.5, 0.6) is 0 Å². The van der Waals surface area contributed by atoms with Crippen molar-refractivity contribution in [1.82, 2.24) is 19.3 Å². The molecule has 1 N–H and O–H groups in total. The van der Waals surface area contributed by atoms with Gasteiger partial charge in [-0.25, -0.2) is 4.98 Å². The normalized spacial score (nSPS) is 16.2. The molecule has 25 heavy (non-hydrogen) atoms. The Morgan fingerprint density at radius 2 is 1.96 bits per heavy atom. The lowest BCUT2D eigenvalue weighted by Crippen LogP contribution is -2.35. The molecular weight excluding hydrogens is 330 g/mol. The van der Waals surface area contributed by atoms with Gasteiger partial charge >= 0.3 is 0 Å². The molecule has 0 aromatic carbocycles. The zero-order chi connectivity index (χ0) is 17.1. The maximum atomic E-state index is 4.60. The van der Waals surface area contributed by atoms with Crippen LogP contribution in [0.2, 0.25) is 0 Å². The third-order valence-electron chi connectivity index (χ3n) is 4.62. The molecule has 1 fully saturated rings. The van der Waals surface area contributed by atoms with Crippen molar-refractivity contribution >= 4 is 28.5 Å². The molecule has 4 heterocycles. The van der Waals surface area contributed by atoms with Crippen molar-refractivity contribution < 1.29 is 0 Å². The van der Waals surface area contributed by atoms with Gasteiger partial charge < -0.3 is 5.32 Å². The summed E-state index contributed by atoms with van der Waals surface area (Å²) in [6, 6.07) is 10.5. The van der Waals surface area contributed by atoms with E-state index in [0.717, 1.165) is 53.9 Å². The Balaban J connectivity index is 1.61. The standard InChI is InChI=1S/C19H21N5S/c1-25-24-10-6-15(7-11-24)23-18-12-16-14(13-22-18)5-9-21-19(16)17-4-2-3-8-20-17/h2-5,8-9,12-13,15H,6-7,10-11H2,1H3,(H,22,23). The number of piperidine rings is 1. The maximum absolute atomic E-state index is 4.60. The molecule has 3 aromatic rings. The second kappa shape index (κ2) is 7.37. The molecule has 128 valence electrons. The average Bonchev–Trinajstić information content (AvgIpc) is 2.69. The molecule has 5 nitrogen and oxygen atoms in total. The molecule has 3 aromatic heterocycles. The van der Waals surface area contributed by atoms with Crippen molar-refractivity contribution in [3.63, 3.8) is 0 Å². The van der Waals surface area contributed by atoms with Gasteiger partial charge in [0.25, 0.3) is 0 Å². The van der Waals surface area contributed by atoms with E-state index in [2.05, 4.69) is 36.9 Å². The van der Waals surface area contributed by atoms with Crippen molar-refractivity contribution in [2.45, 2.75) is 18.9 Å². The zero-order valence-corrected chi connectivity index (χ0v) is 15.0. The first-order valence-electron chi connectivity index (χ1n) is 8.55. The van der Waals surface area contributed by atoms with Gasteiger partial charge in [0.2, 0.25) is 0 Å². The van der Waals surface area contributed by atoms with Crippen LogP contribution in [-0.2, 0) is 0 Å². The summed E-state index contributed by atoms with van der Waals surface area (Å²) in [4.78, 5) is 13.6. The SMILES string of the molecule is CSN1CCC(Nc2cc3c(-c4ccccn4)nccc3cn2)CC1. The molecule has 1 aliphatic heterocycles. The topological polar surface area (TPSA) is 53.9 Å². The van der Waals surface area contributed by atoms with Crippen molar-refractivity contribution in [2.24, 2.45) is 0 Å². The van der Waals surface area contributed by atoms with Crippen LogP contribution >= 0.6 is 11.9 Å². The van der Waals surface area contributed by atoms with Crippen molar-refractivity contribution in [1.29, 1.82) is 0 Å². The third kappa shape index (κ3) is 3.60. The van der Waals surface area contributed by atoms with Gasteiger partial charge in [0.15, 0.2) is 0 Å². The Kier molecular flexibility index (Phi) is 4.81. The molecule has 0 bridgehead atoms. The number of hydrogen-bond acceptors (Lipinski definition) is 6. The van der Waals surface area contributed by atoms with Crippen LogP contribution in [-0.4, -0.2) is 44.6 Å². The van der Waals surface area contributed by atoms with Crippen LogP contribution in [0.1, 0.15) is 12.8 Å². The number of nitrogens with zero attached hydrogens (tertiary/aromatic N) is 4. The molecule has 0 aliphatic carbocycles. The van der Waals surface area contributed by atoms with E-state index < -0.39 is 0 Å². The molecule has 1 aliphatic rings. The smallest absolute Gasteiger partial charge is 0.126 e. The summed E-state index contributed by atoms with van der Waals surface area (Å²) < 4.78 is 2.41. The fraction of sp³-hybridized carbons (Fsp3) is 0.316. The van der Waals surface area contributed by atoms with Gasteiger partial charge in [-0.3, -0.25) is 14.3 Å². The molecule has 0 unspecified atom stereocenters. The Morgan fingerprint density at radius 3 is 2.72 bits per heavy atom. The highest BCUT2D eigenvalue weighted by Crippen LogP contribution is 2.27. The Hall–Kier alpha value is -2.18. The van der Waals surface area contributed by atoms with Gasteiger partial charge in [-0.05, 0) is 43.4 Å². The zero-order valence-electron chi connectivity index (χ0n) is 14.2. The van der Waals surface area contributed by atoms with Crippen molar-refractivity contribution in [3.05, 3.63) is 48.9 Å². The molecular formula is C19H21N5S. The monoisotopic (exact) mass is 351 g/mol. The summed E-state index contributed by atoms with van der Waals surface area (Å²) in [6.07, 6.45) is 9.96. The highest BCUT2D eigenvalue weighted by molar-refractivity contribution is 7.96. The fourth-order valence-corrected chi connectivity index (χ4v) is 3.82. The maximum Gasteiger partial charge on any atom is 0.126 e. The molecule has 0 radical (unpaired) electrons. The first-order valence-corrected chi connectivity index (χ1v) is 9.73. The number of nitrogens with one attached hydrogen (secondary N) is 1. The minimum Gasteiger partial charge on any atom is -0.367 e. The second-order valence-corrected chi connectivity index (χ2v) is 7.08. The molecule has 6 heteroatoms. The number of fused-ring (bicyclic) bond motifs is 1. The lowest BCUT2D eigenvalue weighted by Gasteiger charge is -2.30. The number of pyridine rings is 3. The first kappa shape index (κ1) is 16.3. The number of hydrogen-bond donors (Lipinski definition) is 1. The summed E-state index contributed by atoms with van der Waals surface area (Å²) in [5.74, 6) is 0.917. The highest BCUT2D eigenvalue weighted by Gasteiger charge is 2.19. The van der Waals surface area contributed by atoms with E-state index in [9.17, 15) is 0 Å². The molecule has 0 amide bonds. The Labute approximate surface area is 152 Å². The Bertz CT molecular complexity index is 847. The summed E-state index contributed by atoms with van der Waals surface area (Å²) >= 11 is 1.83. The van der Waals surface area contributed by atoms with Crippen LogP contribution in [0, 0.1) is 0 Å². The van der Waals surface area contributed by atoms with Crippen LogP contribution in [0.4, 0.5) is 5.82 Å². The number of aromatic nitrogens is 3. The predicted molar refractivity (Wildman–Crippen MR) is 105 cm³/mol. The summed E-state index contributed by atoms with van der Waals surface area (Å²) in [5, 5.41) is 5.77. The van der Waals surface area contributed by atoms with E-state index in [4.69, 9.17) is 0 Å². The highest BCUT2D eigenvalue weighted by atomic mass is 32.2. The van der Waals surface area contributed by atoms with E-state index in [-0.39, 0.29) is 0 Å². The van der Waals surface area contributed by atoms with E-state index in [1.165, 1.54) is 0 Å². The van der Waals surface area contributed by atoms with E-state index >= 15 is 0 Å². The predicted octanol–water partition coefficient (Wildman–Crippen LogP) is 3.85. The fourth-order valence-electron chi connectivity index (χ4n) is 3.24. The van der Waals surface area contributed by atoms with Gasteiger partial charge in [0, 0.05) is 48.5 Å². The van der Waals surface area contributed by atoms with Gasteiger partial charge in [0.1, 0.15) is 5.82 Å². The lowest BCUT2D eigenvalue weighted by molar-refractivity contribution is 0.359. The van der Waals surface area contributed by atoms with Crippen LogP contribution in [0.15, 0.2) is 48.9 Å². The third-order valence-corrected chi connectivity index (χ3v) is 5.50. The van der Waals surface area contributed by atoms with E-state index in [1.54, 1.807) is 6.20 Å². The number of rotatable bonds is 4. The van der Waals surface area contributed by atoms with E-state index in [0.29, 0.717) is 6.04 Å². The minimum absolute atomic E-state index is 0.475. The molecule has 4 rings (SSSR count). The first-order chi connectivity index (χ1) is 12.3. The molecule has 1 saturated heterocycles. The minimum atomic E-state index is 0.475. The summed E-state index contributed by atoms with van der Waals surface area (Å²) in [7, 11) is 0. The lowest BCUT2D eigenvalue weighted by atomic mass is 10.1. The summed E-state index contributed by atoms with van der Waals surface area (Å²) in [6.45, 7) is 2.24.